The van der Waals surface area contributed by atoms with E-state index in [9.17, 15) is 9.59 Å². The van der Waals surface area contributed by atoms with Crippen LogP contribution in [0.25, 0.3) is 0 Å². The van der Waals surface area contributed by atoms with E-state index in [4.69, 9.17) is 17.0 Å². The molecule has 1 saturated heterocycles. The molecular weight excluding hydrogens is 362 g/mol. The van der Waals surface area contributed by atoms with Crippen molar-refractivity contribution < 1.29 is 14.3 Å². The summed E-state index contributed by atoms with van der Waals surface area (Å²) in [5, 5.41) is 5.74. The summed E-state index contributed by atoms with van der Waals surface area (Å²) in [5.41, 5.74) is 1.58. The SMILES string of the molecule is COc1ccc(C(=O)NC(=S)Nc2ccccc2C(=O)N2CCCC2)cc1. The Bertz CT molecular complexity index is 846. The first-order valence-electron chi connectivity index (χ1n) is 8.73. The average molecular weight is 383 g/mol. The second kappa shape index (κ2) is 8.64. The second-order valence-corrected chi connectivity index (χ2v) is 6.59. The molecule has 0 atom stereocenters. The maximum Gasteiger partial charge on any atom is 0.257 e. The fourth-order valence-electron chi connectivity index (χ4n) is 2.94. The molecule has 0 saturated carbocycles. The van der Waals surface area contributed by atoms with Crippen LogP contribution in [0.4, 0.5) is 5.69 Å². The molecule has 2 aromatic carbocycles. The van der Waals surface area contributed by atoms with Crippen molar-refractivity contribution in [2.75, 3.05) is 25.5 Å². The number of nitrogens with zero attached hydrogens (tertiary/aromatic N) is 1. The molecule has 1 fully saturated rings. The summed E-state index contributed by atoms with van der Waals surface area (Å²) >= 11 is 5.25. The van der Waals surface area contributed by atoms with E-state index in [1.807, 2.05) is 17.0 Å². The number of nitrogens with one attached hydrogen (secondary N) is 2. The van der Waals surface area contributed by atoms with Gasteiger partial charge in [-0.3, -0.25) is 14.9 Å². The van der Waals surface area contributed by atoms with Crippen LogP contribution in [0, 0.1) is 0 Å². The van der Waals surface area contributed by atoms with Crippen LogP contribution in [0.3, 0.4) is 0 Å². The summed E-state index contributed by atoms with van der Waals surface area (Å²) < 4.78 is 5.08. The van der Waals surface area contributed by atoms with Crippen LogP contribution in [-0.2, 0) is 0 Å². The summed E-state index contributed by atoms with van der Waals surface area (Å²) in [6.07, 6.45) is 2.05. The first-order valence-corrected chi connectivity index (χ1v) is 9.14. The molecule has 0 radical (unpaired) electrons. The average Bonchev–Trinajstić information content (AvgIpc) is 3.22. The molecule has 1 heterocycles. The Morgan fingerprint density at radius 2 is 1.70 bits per heavy atom. The number of carbonyl (C=O) groups is 2. The summed E-state index contributed by atoms with van der Waals surface area (Å²) in [4.78, 5) is 26.8. The van der Waals surface area contributed by atoms with E-state index < -0.39 is 0 Å². The third-order valence-electron chi connectivity index (χ3n) is 4.38. The largest absolute Gasteiger partial charge is 0.497 e. The number of amides is 2. The Morgan fingerprint density at radius 3 is 2.37 bits per heavy atom. The number of methoxy groups -OCH3 is 1. The van der Waals surface area contributed by atoms with E-state index in [2.05, 4.69) is 10.6 Å². The first-order chi connectivity index (χ1) is 13.1. The lowest BCUT2D eigenvalue weighted by atomic mass is 10.1. The number of rotatable bonds is 4. The van der Waals surface area contributed by atoms with Crippen LogP contribution in [0.5, 0.6) is 5.75 Å². The molecule has 1 aliphatic rings. The van der Waals surface area contributed by atoms with E-state index in [-0.39, 0.29) is 16.9 Å². The normalized spacial score (nSPS) is 13.1. The van der Waals surface area contributed by atoms with Crippen molar-refractivity contribution in [3.8, 4) is 5.75 Å². The Morgan fingerprint density at radius 1 is 1.04 bits per heavy atom. The summed E-state index contributed by atoms with van der Waals surface area (Å²) in [5.74, 6) is 0.306. The van der Waals surface area contributed by atoms with Gasteiger partial charge in [0.15, 0.2) is 5.11 Å². The third kappa shape index (κ3) is 4.62. The van der Waals surface area contributed by atoms with Crippen LogP contribution in [0.1, 0.15) is 33.6 Å². The molecule has 0 aliphatic carbocycles. The van der Waals surface area contributed by atoms with E-state index in [1.165, 1.54) is 0 Å². The molecule has 0 spiro atoms. The van der Waals surface area contributed by atoms with E-state index in [0.29, 0.717) is 22.6 Å². The van der Waals surface area contributed by atoms with Crippen LogP contribution >= 0.6 is 12.2 Å². The van der Waals surface area contributed by atoms with Crippen molar-refractivity contribution in [2.24, 2.45) is 0 Å². The third-order valence-corrected chi connectivity index (χ3v) is 4.58. The van der Waals surface area contributed by atoms with Crippen molar-refractivity contribution in [1.29, 1.82) is 0 Å². The van der Waals surface area contributed by atoms with E-state index in [0.717, 1.165) is 25.9 Å². The molecule has 3 rings (SSSR count). The number of carbonyl (C=O) groups excluding carboxylic acids is 2. The summed E-state index contributed by atoms with van der Waals surface area (Å²) in [7, 11) is 1.56. The molecule has 0 aromatic heterocycles. The fraction of sp³-hybridized carbons (Fsp3) is 0.250. The molecule has 2 N–H and O–H groups in total. The van der Waals surface area contributed by atoms with Crippen molar-refractivity contribution in [2.45, 2.75) is 12.8 Å². The highest BCUT2D eigenvalue weighted by molar-refractivity contribution is 7.80. The van der Waals surface area contributed by atoms with Crippen molar-refractivity contribution in [3.05, 3.63) is 59.7 Å². The van der Waals surface area contributed by atoms with Crippen LogP contribution in [0.2, 0.25) is 0 Å². The fourth-order valence-corrected chi connectivity index (χ4v) is 3.14. The predicted molar refractivity (Wildman–Crippen MR) is 108 cm³/mol. The van der Waals surface area contributed by atoms with Gasteiger partial charge in [0, 0.05) is 18.7 Å². The summed E-state index contributed by atoms with van der Waals surface area (Å²) in [6.45, 7) is 1.54. The second-order valence-electron chi connectivity index (χ2n) is 6.18. The minimum atomic E-state index is -0.335. The van der Waals surface area contributed by atoms with Crippen LogP contribution in [0.15, 0.2) is 48.5 Å². The Balaban J connectivity index is 1.67. The lowest BCUT2D eigenvalue weighted by Gasteiger charge is -2.18. The van der Waals surface area contributed by atoms with Gasteiger partial charge in [0.05, 0.1) is 18.4 Å². The molecule has 0 bridgehead atoms. The van der Waals surface area contributed by atoms with Crippen molar-refractivity contribution in [3.63, 3.8) is 0 Å². The first kappa shape index (κ1) is 18.8. The Hall–Kier alpha value is -2.93. The molecule has 1 aliphatic heterocycles. The highest BCUT2D eigenvalue weighted by Gasteiger charge is 2.22. The summed E-state index contributed by atoms with van der Waals surface area (Å²) in [6, 6.07) is 13.9. The zero-order valence-corrected chi connectivity index (χ0v) is 15.8. The monoisotopic (exact) mass is 383 g/mol. The number of hydrogen-bond acceptors (Lipinski definition) is 4. The minimum absolute atomic E-state index is 0.0279. The highest BCUT2D eigenvalue weighted by Crippen LogP contribution is 2.20. The number of thiocarbonyl (C=S) groups is 1. The number of benzene rings is 2. The molecular formula is C20H21N3O3S. The lowest BCUT2D eigenvalue weighted by Crippen LogP contribution is -2.35. The van der Waals surface area contributed by atoms with Gasteiger partial charge < -0.3 is 15.0 Å². The maximum absolute atomic E-state index is 12.7. The zero-order valence-electron chi connectivity index (χ0n) is 15.0. The zero-order chi connectivity index (χ0) is 19.2. The minimum Gasteiger partial charge on any atom is -0.497 e. The predicted octanol–water partition coefficient (Wildman–Crippen LogP) is 3.06. The van der Waals surface area contributed by atoms with Gasteiger partial charge in [-0.25, -0.2) is 0 Å². The molecule has 140 valence electrons. The van der Waals surface area contributed by atoms with Crippen molar-refractivity contribution >= 4 is 34.8 Å². The molecule has 7 heteroatoms. The van der Waals surface area contributed by atoms with Crippen LogP contribution in [-0.4, -0.2) is 42.0 Å². The van der Waals surface area contributed by atoms with Gasteiger partial charge in [-0.1, -0.05) is 12.1 Å². The van der Waals surface area contributed by atoms with Crippen LogP contribution < -0.4 is 15.4 Å². The highest BCUT2D eigenvalue weighted by atomic mass is 32.1. The maximum atomic E-state index is 12.7. The molecule has 0 unspecified atom stereocenters. The van der Waals surface area contributed by atoms with Gasteiger partial charge in [0.25, 0.3) is 11.8 Å². The van der Waals surface area contributed by atoms with Gasteiger partial charge in [-0.15, -0.1) is 0 Å². The molecule has 27 heavy (non-hydrogen) atoms. The quantitative estimate of drug-likeness (QED) is 0.794. The standard InChI is InChI=1S/C20H21N3O3S/c1-26-15-10-8-14(9-11-15)18(24)22-20(27)21-17-7-3-2-6-16(17)19(25)23-12-4-5-13-23/h2-3,6-11H,4-5,12-13H2,1H3,(H2,21,22,24,27). The molecule has 2 amide bonds. The van der Waals surface area contributed by atoms with Gasteiger partial charge >= 0.3 is 0 Å². The Labute approximate surface area is 163 Å². The van der Waals surface area contributed by atoms with Gasteiger partial charge in [-0.05, 0) is 61.5 Å². The number of likely N-dealkylation sites (tertiary alicyclic amines) is 1. The Kier molecular flexibility index (Phi) is 6.03. The van der Waals surface area contributed by atoms with E-state index in [1.54, 1.807) is 43.5 Å². The number of ether oxygens (including phenoxy) is 1. The topological polar surface area (TPSA) is 70.7 Å². The van der Waals surface area contributed by atoms with Crippen molar-refractivity contribution in [1.82, 2.24) is 10.2 Å². The number of hydrogen-bond donors (Lipinski definition) is 2. The van der Waals surface area contributed by atoms with Gasteiger partial charge in [-0.2, -0.15) is 0 Å². The smallest absolute Gasteiger partial charge is 0.257 e. The molecule has 6 nitrogen and oxygen atoms in total. The lowest BCUT2D eigenvalue weighted by molar-refractivity contribution is 0.0793. The van der Waals surface area contributed by atoms with Gasteiger partial charge in [0.2, 0.25) is 0 Å². The number of para-hydroxylation sites is 1. The van der Waals surface area contributed by atoms with Gasteiger partial charge in [0.1, 0.15) is 5.75 Å². The number of anilines is 1. The molecule has 2 aromatic rings. The van der Waals surface area contributed by atoms with E-state index >= 15 is 0 Å².